The maximum Gasteiger partial charge on any atom is 0.416 e. The molecule has 0 aliphatic rings. The van der Waals surface area contributed by atoms with Gasteiger partial charge in [0.15, 0.2) is 5.82 Å². The van der Waals surface area contributed by atoms with Crippen LogP contribution in [0, 0.1) is 0 Å². The molecule has 2 rings (SSSR count). The van der Waals surface area contributed by atoms with Gasteiger partial charge in [0.1, 0.15) is 0 Å². The second-order valence-electron chi connectivity index (χ2n) is 4.39. The number of rotatable bonds is 5. The van der Waals surface area contributed by atoms with Crippen molar-refractivity contribution in [2.75, 3.05) is 6.54 Å². The van der Waals surface area contributed by atoms with E-state index in [2.05, 4.69) is 20.0 Å². The van der Waals surface area contributed by atoms with Crippen LogP contribution < -0.4 is 5.32 Å². The SMILES string of the molecule is CC(NCCc1ncon1)c1ccc(C(F)(F)F)cc1. The Kier molecular flexibility index (Phi) is 4.39. The molecule has 0 bridgehead atoms. The highest BCUT2D eigenvalue weighted by Gasteiger charge is 2.30. The Bertz CT molecular complexity index is 523. The van der Waals surface area contributed by atoms with Crippen molar-refractivity contribution in [2.45, 2.75) is 25.6 Å². The molecule has 1 heterocycles. The third kappa shape index (κ3) is 3.80. The van der Waals surface area contributed by atoms with Crippen molar-refractivity contribution in [3.05, 3.63) is 47.6 Å². The van der Waals surface area contributed by atoms with Gasteiger partial charge >= 0.3 is 6.18 Å². The van der Waals surface area contributed by atoms with Crippen LogP contribution in [0.3, 0.4) is 0 Å². The summed E-state index contributed by atoms with van der Waals surface area (Å²) < 4.78 is 41.9. The first-order valence-corrected chi connectivity index (χ1v) is 6.12. The van der Waals surface area contributed by atoms with Gasteiger partial charge in [-0.15, -0.1) is 0 Å². The Morgan fingerprint density at radius 1 is 1.25 bits per heavy atom. The summed E-state index contributed by atoms with van der Waals surface area (Å²) in [7, 11) is 0. The Morgan fingerprint density at radius 2 is 1.95 bits per heavy atom. The summed E-state index contributed by atoms with van der Waals surface area (Å²) in [5.74, 6) is 0.595. The molecule has 108 valence electrons. The molecular formula is C13H14F3N3O. The lowest BCUT2D eigenvalue weighted by molar-refractivity contribution is -0.137. The third-order valence-electron chi connectivity index (χ3n) is 2.94. The maximum atomic E-state index is 12.4. The Hall–Kier alpha value is -1.89. The number of aromatic nitrogens is 2. The fourth-order valence-electron chi connectivity index (χ4n) is 1.78. The van der Waals surface area contributed by atoms with Crippen LogP contribution in [-0.4, -0.2) is 16.7 Å². The van der Waals surface area contributed by atoms with Gasteiger partial charge in [0.05, 0.1) is 5.56 Å². The molecular weight excluding hydrogens is 271 g/mol. The van der Waals surface area contributed by atoms with Crippen molar-refractivity contribution in [3.63, 3.8) is 0 Å². The summed E-state index contributed by atoms with van der Waals surface area (Å²) in [4.78, 5) is 3.88. The fraction of sp³-hybridized carbons (Fsp3) is 0.385. The average Bonchev–Trinajstić information content (AvgIpc) is 2.91. The van der Waals surface area contributed by atoms with Gasteiger partial charge in [0, 0.05) is 19.0 Å². The lowest BCUT2D eigenvalue weighted by Crippen LogP contribution is -2.21. The van der Waals surface area contributed by atoms with Gasteiger partial charge < -0.3 is 9.84 Å². The van der Waals surface area contributed by atoms with Gasteiger partial charge in [-0.05, 0) is 24.6 Å². The van der Waals surface area contributed by atoms with Crippen LogP contribution in [0.4, 0.5) is 13.2 Å². The van der Waals surface area contributed by atoms with E-state index in [-0.39, 0.29) is 6.04 Å². The Balaban J connectivity index is 1.87. The number of alkyl halides is 3. The van der Waals surface area contributed by atoms with E-state index in [4.69, 9.17) is 0 Å². The predicted octanol–water partition coefficient (Wildman–Crippen LogP) is 2.98. The Labute approximate surface area is 114 Å². The summed E-state index contributed by atoms with van der Waals surface area (Å²) in [6, 6.07) is 5.09. The van der Waals surface area contributed by atoms with E-state index in [0.717, 1.165) is 17.7 Å². The molecule has 0 aliphatic carbocycles. The lowest BCUT2D eigenvalue weighted by atomic mass is 10.1. The van der Waals surface area contributed by atoms with Crippen molar-refractivity contribution in [2.24, 2.45) is 0 Å². The smallest absolute Gasteiger partial charge is 0.343 e. The van der Waals surface area contributed by atoms with E-state index in [1.807, 2.05) is 6.92 Å². The van der Waals surface area contributed by atoms with Gasteiger partial charge in [-0.25, -0.2) is 0 Å². The van der Waals surface area contributed by atoms with Crippen molar-refractivity contribution < 1.29 is 17.7 Å². The van der Waals surface area contributed by atoms with E-state index < -0.39 is 11.7 Å². The molecule has 0 saturated carbocycles. The summed E-state index contributed by atoms with van der Waals surface area (Å²) in [6.07, 6.45) is -2.44. The number of hydrogen-bond acceptors (Lipinski definition) is 4. The minimum absolute atomic E-state index is 0.0517. The molecule has 0 amide bonds. The predicted molar refractivity (Wildman–Crippen MR) is 65.9 cm³/mol. The highest BCUT2D eigenvalue weighted by atomic mass is 19.4. The number of nitrogens with zero attached hydrogens (tertiary/aromatic N) is 2. The molecule has 0 fully saturated rings. The average molecular weight is 285 g/mol. The summed E-state index contributed by atoms with van der Waals surface area (Å²) in [5, 5.41) is 6.87. The summed E-state index contributed by atoms with van der Waals surface area (Å²) >= 11 is 0. The minimum atomic E-state index is -4.30. The first-order valence-electron chi connectivity index (χ1n) is 6.12. The molecule has 0 saturated heterocycles. The standard InChI is InChI=1S/C13H14F3N3O/c1-9(17-7-6-12-18-8-20-19-12)10-2-4-11(5-3-10)13(14,15)16/h2-5,8-9,17H,6-7H2,1H3. The molecule has 1 N–H and O–H groups in total. The first kappa shape index (κ1) is 14.5. The largest absolute Gasteiger partial charge is 0.416 e. The van der Waals surface area contributed by atoms with E-state index in [9.17, 15) is 13.2 Å². The van der Waals surface area contributed by atoms with Crippen LogP contribution in [0.2, 0.25) is 0 Å². The van der Waals surface area contributed by atoms with Crippen molar-refractivity contribution >= 4 is 0 Å². The number of halogens is 3. The van der Waals surface area contributed by atoms with Crippen LogP contribution >= 0.6 is 0 Å². The van der Waals surface area contributed by atoms with E-state index in [1.54, 1.807) is 0 Å². The van der Waals surface area contributed by atoms with Gasteiger partial charge in [-0.3, -0.25) is 0 Å². The van der Waals surface area contributed by atoms with Gasteiger partial charge in [0.2, 0.25) is 6.39 Å². The number of benzene rings is 1. The summed E-state index contributed by atoms with van der Waals surface area (Å²) in [6.45, 7) is 2.50. The van der Waals surface area contributed by atoms with Crippen molar-refractivity contribution in [1.29, 1.82) is 0 Å². The van der Waals surface area contributed by atoms with E-state index in [1.165, 1.54) is 18.5 Å². The molecule has 1 aromatic heterocycles. The molecule has 1 atom stereocenters. The maximum absolute atomic E-state index is 12.4. The van der Waals surface area contributed by atoms with Crippen LogP contribution in [-0.2, 0) is 12.6 Å². The van der Waals surface area contributed by atoms with Crippen LogP contribution in [0.5, 0.6) is 0 Å². The molecule has 0 spiro atoms. The van der Waals surface area contributed by atoms with Gasteiger partial charge in [-0.2, -0.15) is 18.2 Å². The third-order valence-corrected chi connectivity index (χ3v) is 2.94. The van der Waals surface area contributed by atoms with Gasteiger partial charge in [0.25, 0.3) is 0 Å². The van der Waals surface area contributed by atoms with Crippen LogP contribution in [0.1, 0.15) is 29.9 Å². The zero-order valence-corrected chi connectivity index (χ0v) is 10.8. The van der Waals surface area contributed by atoms with E-state index in [0.29, 0.717) is 18.8 Å². The number of hydrogen-bond donors (Lipinski definition) is 1. The molecule has 1 unspecified atom stereocenters. The second-order valence-corrected chi connectivity index (χ2v) is 4.39. The Morgan fingerprint density at radius 3 is 2.50 bits per heavy atom. The van der Waals surface area contributed by atoms with Crippen molar-refractivity contribution in [3.8, 4) is 0 Å². The molecule has 20 heavy (non-hydrogen) atoms. The normalized spacial score (nSPS) is 13.4. The lowest BCUT2D eigenvalue weighted by Gasteiger charge is -2.14. The first-order chi connectivity index (χ1) is 9.47. The fourth-order valence-corrected chi connectivity index (χ4v) is 1.78. The highest BCUT2D eigenvalue weighted by molar-refractivity contribution is 5.26. The quantitative estimate of drug-likeness (QED) is 0.917. The van der Waals surface area contributed by atoms with Gasteiger partial charge in [-0.1, -0.05) is 17.3 Å². The molecule has 2 aromatic rings. The number of nitrogens with one attached hydrogen (secondary N) is 1. The molecule has 7 heteroatoms. The minimum Gasteiger partial charge on any atom is -0.343 e. The monoisotopic (exact) mass is 285 g/mol. The topological polar surface area (TPSA) is 51.0 Å². The van der Waals surface area contributed by atoms with Crippen LogP contribution in [0.25, 0.3) is 0 Å². The molecule has 4 nitrogen and oxygen atoms in total. The second kappa shape index (κ2) is 6.04. The molecule has 0 radical (unpaired) electrons. The summed E-state index contributed by atoms with van der Waals surface area (Å²) in [5.41, 5.74) is 0.159. The molecule has 0 aliphatic heterocycles. The highest BCUT2D eigenvalue weighted by Crippen LogP contribution is 2.29. The zero-order chi connectivity index (χ0) is 14.6. The van der Waals surface area contributed by atoms with Crippen LogP contribution in [0.15, 0.2) is 35.2 Å². The van der Waals surface area contributed by atoms with Crippen molar-refractivity contribution in [1.82, 2.24) is 15.5 Å². The molecule has 1 aromatic carbocycles. The van der Waals surface area contributed by atoms with E-state index >= 15 is 0 Å². The zero-order valence-electron chi connectivity index (χ0n) is 10.8.